The van der Waals surface area contributed by atoms with Gasteiger partial charge in [-0.3, -0.25) is 0 Å². The average molecular weight is 846 g/mol. The molecule has 0 saturated heterocycles. The molecule has 0 saturated carbocycles. The van der Waals surface area contributed by atoms with Crippen molar-refractivity contribution in [2.45, 2.75) is 6.42 Å². The van der Waals surface area contributed by atoms with Gasteiger partial charge in [-0.2, -0.15) is 0 Å². The summed E-state index contributed by atoms with van der Waals surface area (Å²) < 4.78 is 0. The van der Waals surface area contributed by atoms with Crippen LogP contribution in [-0.2, 0) is 6.42 Å². The van der Waals surface area contributed by atoms with Gasteiger partial charge >= 0.3 is 0 Å². The summed E-state index contributed by atoms with van der Waals surface area (Å²) in [5.41, 5.74) is 14.9. The van der Waals surface area contributed by atoms with E-state index in [1.54, 1.807) is 0 Å². The van der Waals surface area contributed by atoms with Gasteiger partial charge in [0.25, 0.3) is 0 Å². The van der Waals surface area contributed by atoms with Crippen molar-refractivity contribution in [3.8, 4) is 11.1 Å². The van der Waals surface area contributed by atoms with E-state index in [9.17, 15) is 0 Å². The third-order valence-corrected chi connectivity index (χ3v) is 12.5. The highest BCUT2D eigenvalue weighted by molar-refractivity contribution is 5.99. The molecule has 0 amide bonds. The Kier molecular flexibility index (Phi) is 11.1. The highest BCUT2D eigenvalue weighted by Gasteiger charge is 2.18. The average Bonchev–Trinajstić information content (AvgIpc) is 3.39. The second kappa shape index (κ2) is 18.2. The van der Waals surface area contributed by atoms with E-state index in [2.05, 4.69) is 288 Å². The first-order valence-electron chi connectivity index (χ1n) is 22.6. The summed E-state index contributed by atoms with van der Waals surface area (Å²) in [5, 5.41) is 5.01. The van der Waals surface area contributed by atoms with Crippen molar-refractivity contribution in [1.29, 1.82) is 0 Å². The van der Waals surface area contributed by atoms with Crippen molar-refractivity contribution in [3.63, 3.8) is 0 Å². The maximum atomic E-state index is 2.35. The minimum Gasteiger partial charge on any atom is -0.311 e. The van der Waals surface area contributed by atoms with Gasteiger partial charge in [0, 0.05) is 50.9 Å². The molecule has 0 N–H and O–H groups in total. The zero-order chi connectivity index (χ0) is 44.1. The topological polar surface area (TPSA) is 9.72 Å². The maximum absolute atomic E-state index is 2.35. The fraction of sp³-hybridized carbons (Fsp3) is 0.0159. The SMILES string of the molecule is c1ccc(N(c2ccc(Cc3cccc4ccccc34)cc2)c2ccc(-c3ccc(N(c4ccccc4)c4ccc(N(c5ccccc5)c5cccc6ccccc56)cc4)cc3)cc2)cc1. The molecule has 0 bridgehead atoms. The van der Waals surface area contributed by atoms with Crippen molar-refractivity contribution in [3.05, 3.63) is 284 Å². The Morgan fingerprint density at radius 1 is 0.227 bits per heavy atom. The maximum Gasteiger partial charge on any atom is 0.0540 e. The van der Waals surface area contributed by atoms with Gasteiger partial charge in [-0.25, -0.2) is 0 Å². The summed E-state index contributed by atoms with van der Waals surface area (Å²) >= 11 is 0. The largest absolute Gasteiger partial charge is 0.311 e. The minimum atomic E-state index is 0.885. The lowest BCUT2D eigenvalue weighted by Gasteiger charge is -2.29. The lowest BCUT2D eigenvalue weighted by molar-refractivity contribution is 1.20. The van der Waals surface area contributed by atoms with Crippen LogP contribution < -0.4 is 14.7 Å². The molecule has 0 atom stereocenters. The van der Waals surface area contributed by atoms with Gasteiger partial charge < -0.3 is 14.7 Å². The molecule has 11 aromatic rings. The van der Waals surface area contributed by atoms with Crippen LogP contribution in [0.15, 0.2) is 273 Å². The summed E-state index contributed by atoms with van der Waals surface area (Å²) in [6.45, 7) is 0. The van der Waals surface area contributed by atoms with Crippen LogP contribution in [0.2, 0.25) is 0 Å². The standard InChI is InChI=1S/C63H47N3/c1-4-21-53(22-5-1)64(56-36-30-47(31-37-56)46-52-20-14-18-50-16-10-12-27-61(50)52)57-38-32-48(33-39-57)49-34-40-58(41-35-49)65(54-23-6-2-7-24-54)59-42-44-60(45-43-59)66(55-25-8-3-9-26-55)63-29-15-19-51-17-11-13-28-62(51)63/h1-45H,46H2. The van der Waals surface area contributed by atoms with E-state index in [0.29, 0.717) is 0 Å². The van der Waals surface area contributed by atoms with Crippen LogP contribution in [0.25, 0.3) is 32.7 Å². The fourth-order valence-corrected chi connectivity index (χ4v) is 9.24. The molecule has 0 radical (unpaired) electrons. The second-order valence-corrected chi connectivity index (χ2v) is 16.6. The Morgan fingerprint density at radius 3 is 1.06 bits per heavy atom. The first-order chi connectivity index (χ1) is 32.7. The van der Waals surface area contributed by atoms with Gasteiger partial charge in [0.2, 0.25) is 0 Å². The zero-order valence-electron chi connectivity index (χ0n) is 36.5. The Labute approximate surface area is 387 Å². The first kappa shape index (κ1) is 40.1. The zero-order valence-corrected chi connectivity index (χ0v) is 36.5. The molecule has 3 heteroatoms. The van der Waals surface area contributed by atoms with E-state index >= 15 is 0 Å². The van der Waals surface area contributed by atoms with E-state index in [0.717, 1.165) is 68.7 Å². The highest BCUT2D eigenvalue weighted by Crippen LogP contribution is 2.42. The van der Waals surface area contributed by atoms with Crippen molar-refractivity contribution < 1.29 is 0 Å². The third-order valence-electron chi connectivity index (χ3n) is 12.5. The number of anilines is 9. The fourth-order valence-electron chi connectivity index (χ4n) is 9.24. The molecule has 0 aliphatic rings. The van der Waals surface area contributed by atoms with Crippen LogP contribution in [0.1, 0.15) is 11.1 Å². The smallest absolute Gasteiger partial charge is 0.0540 e. The van der Waals surface area contributed by atoms with Gasteiger partial charge in [0.15, 0.2) is 0 Å². The van der Waals surface area contributed by atoms with Crippen molar-refractivity contribution in [2.24, 2.45) is 0 Å². The Balaban J connectivity index is 0.872. The molecular weight excluding hydrogens is 799 g/mol. The normalized spacial score (nSPS) is 11.1. The Bertz CT molecular complexity index is 3340. The van der Waals surface area contributed by atoms with Gasteiger partial charge in [0.05, 0.1) is 5.69 Å². The van der Waals surface area contributed by atoms with E-state index in [1.165, 1.54) is 32.7 Å². The van der Waals surface area contributed by atoms with Crippen molar-refractivity contribution >= 4 is 72.7 Å². The highest BCUT2D eigenvalue weighted by atomic mass is 15.2. The minimum absolute atomic E-state index is 0.885. The van der Waals surface area contributed by atoms with Gasteiger partial charge in [0.1, 0.15) is 0 Å². The second-order valence-electron chi connectivity index (χ2n) is 16.6. The number of hydrogen-bond acceptors (Lipinski definition) is 3. The summed E-state index contributed by atoms with van der Waals surface area (Å²) in [7, 11) is 0. The monoisotopic (exact) mass is 845 g/mol. The number of benzene rings is 11. The first-order valence-corrected chi connectivity index (χ1v) is 22.6. The third kappa shape index (κ3) is 8.18. The lowest BCUT2D eigenvalue weighted by atomic mass is 9.98. The number of hydrogen-bond donors (Lipinski definition) is 0. The summed E-state index contributed by atoms with van der Waals surface area (Å²) in [6, 6.07) is 98.0. The van der Waals surface area contributed by atoms with E-state index in [1.807, 2.05) is 0 Å². The lowest BCUT2D eigenvalue weighted by Crippen LogP contribution is -2.12. The molecule has 66 heavy (non-hydrogen) atoms. The molecule has 0 unspecified atom stereocenters. The van der Waals surface area contributed by atoms with E-state index in [-0.39, 0.29) is 0 Å². The number of fused-ring (bicyclic) bond motifs is 2. The van der Waals surface area contributed by atoms with Crippen LogP contribution in [-0.4, -0.2) is 0 Å². The molecule has 0 heterocycles. The predicted octanol–water partition coefficient (Wildman–Crippen LogP) is 17.7. The molecule has 314 valence electrons. The Hall–Kier alpha value is -8.66. The predicted molar refractivity (Wildman–Crippen MR) is 280 cm³/mol. The summed E-state index contributed by atoms with van der Waals surface area (Å²) in [4.78, 5) is 7.01. The van der Waals surface area contributed by atoms with E-state index in [4.69, 9.17) is 0 Å². The van der Waals surface area contributed by atoms with Crippen LogP contribution in [0.3, 0.4) is 0 Å². The van der Waals surface area contributed by atoms with Crippen LogP contribution in [0.4, 0.5) is 51.2 Å². The molecule has 11 rings (SSSR count). The van der Waals surface area contributed by atoms with Crippen molar-refractivity contribution in [1.82, 2.24) is 0 Å². The Morgan fingerprint density at radius 2 is 0.561 bits per heavy atom. The summed E-state index contributed by atoms with van der Waals surface area (Å²) in [5.74, 6) is 0. The van der Waals surface area contributed by atoms with Gasteiger partial charge in [-0.1, -0.05) is 170 Å². The number of rotatable bonds is 12. The van der Waals surface area contributed by atoms with Crippen LogP contribution >= 0.6 is 0 Å². The van der Waals surface area contributed by atoms with Crippen LogP contribution in [0, 0.1) is 0 Å². The molecule has 0 spiro atoms. The molecule has 0 aliphatic carbocycles. The molecule has 0 aliphatic heterocycles. The van der Waals surface area contributed by atoms with Crippen molar-refractivity contribution in [2.75, 3.05) is 14.7 Å². The number of nitrogens with zero attached hydrogens (tertiary/aromatic N) is 3. The van der Waals surface area contributed by atoms with Gasteiger partial charge in [-0.15, -0.1) is 0 Å². The molecule has 11 aromatic carbocycles. The molecule has 0 aromatic heterocycles. The summed E-state index contributed by atoms with van der Waals surface area (Å²) in [6.07, 6.45) is 0.885. The van der Waals surface area contributed by atoms with Gasteiger partial charge in [-0.05, 0) is 148 Å². The molecule has 3 nitrogen and oxygen atoms in total. The molecular formula is C63H47N3. The molecule has 0 fully saturated rings. The van der Waals surface area contributed by atoms with E-state index < -0.39 is 0 Å². The number of para-hydroxylation sites is 3. The van der Waals surface area contributed by atoms with Crippen LogP contribution in [0.5, 0.6) is 0 Å². The quantitative estimate of drug-likeness (QED) is 0.121.